The summed E-state index contributed by atoms with van der Waals surface area (Å²) in [6, 6.07) is 1.37. The van der Waals surface area contributed by atoms with Gasteiger partial charge in [-0.05, 0) is 38.8 Å². The molecule has 110 valence electrons. The highest BCUT2D eigenvalue weighted by atomic mass is 32.1. The van der Waals surface area contributed by atoms with Crippen LogP contribution in [0.1, 0.15) is 30.1 Å². The van der Waals surface area contributed by atoms with E-state index >= 15 is 0 Å². The molecule has 1 atom stereocenters. The number of nitrogens with one attached hydrogen (secondary N) is 1. The van der Waals surface area contributed by atoms with Crippen molar-refractivity contribution in [1.82, 2.24) is 10.2 Å². The Balaban J connectivity index is 2.01. The number of carbonyl (C=O) groups excluding carboxylic acids is 1. The molecule has 0 spiro atoms. The normalized spacial score (nSPS) is 18.8. The van der Waals surface area contributed by atoms with Gasteiger partial charge in [-0.25, -0.2) is 0 Å². The minimum absolute atomic E-state index is 0.0173. The van der Waals surface area contributed by atoms with E-state index in [0.29, 0.717) is 24.6 Å². The van der Waals surface area contributed by atoms with E-state index in [0.717, 1.165) is 37.3 Å². The van der Waals surface area contributed by atoms with Crippen LogP contribution in [0, 0.1) is 16.0 Å². The molecule has 1 aliphatic rings. The van der Waals surface area contributed by atoms with Crippen LogP contribution in [-0.2, 0) is 0 Å². The summed E-state index contributed by atoms with van der Waals surface area (Å²) in [6.07, 6.45) is 2.26. The van der Waals surface area contributed by atoms with Crippen LogP contribution in [0.2, 0.25) is 0 Å². The van der Waals surface area contributed by atoms with Gasteiger partial charge in [-0.15, -0.1) is 0 Å². The van der Waals surface area contributed by atoms with Gasteiger partial charge in [0.15, 0.2) is 0 Å². The van der Waals surface area contributed by atoms with Crippen LogP contribution < -0.4 is 5.32 Å². The Kier molecular flexibility index (Phi) is 5.08. The molecule has 1 aliphatic heterocycles. The summed E-state index contributed by atoms with van der Waals surface area (Å²) in [6.45, 7) is 5.26. The Bertz CT molecular complexity index is 483. The molecule has 0 saturated carbocycles. The highest BCUT2D eigenvalue weighted by molar-refractivity contribution is 7.13. The van der Waals surface area contributed by atoms with E-state index in [-0.39, 0.29) is 10.9 Å². The molecule has 0 aromatic carbocycles. The Morgan fingerprint density at radius 1 is 1.65 bits per heavy atom. The van der Waals surface area contributed by atoms with E-state index in [1.807, 2.05) is 6.92 Å². The van der Waals surface area contributed by atoms with Crippen LogP contribution in [0.5, 0.6) is 0 Å². The van der Waals surface area contributed by atoms with E-state index in [4.69, 9.17) is 0 Å². The van der Waals surface area contributed by atoms with Crippen LogP contribution in [0.15, 0.2) is 11.4 Å². The third-order valence-electron chi connectivity index (χ3n) is 3.56. The topological polar surface area (TPSA) is 75.5 Å². The number of rotatable bonds is 5. The zero-order valence-electron chi connectivity index (χ0n) is 11.5. The summed E-state index contributed by atoms with van der Waals surface area (Å²) in [5.41, 5.74) is 0.423. The zero-order valence-corrected chi connectivity index (χ0v) is 12.3. The lowest BCUT2D eigenvalue weighted by Gasteiger charge is -2.29. The smallest absolute Gasteiger partial charge is 0.324 e. The second-order valence-corrected chi connectivity index (χ2v) is 5.88. The maximum Gasteiger partial charge on any atom is 0.324 e. The third-order valence-corrected chi connectivity index (χ3v) is 4.44. The fraction of sp³-hybridized carbons (Fsp3) is 0.615. The first-order valence-electron chi connectivity index (χ1n) is 6.84. The SMILES string of the molecule is CCN(CC1CCCNC1)C(=O)c1csc([N+](=O)[O-])c1. The molecule has 2 heterocycles. The fourth-order valence-corrected chi connectivity index (χ4v) is 3.16. The molecular weight excluding hydrogens is 278 g/mol. The molecule has 2 rings (SSSR count). The summed E-state index contributed by atoms with van der Waals surface area (Å²) >= 11 is 1.00. The number of amides is 1. The van der Waals surface area contributed by atoms with Crippen molar-refractivity contribution in [2.75, 3.05) is 26.2 Å². The second kappa shape index (κ2) is 6.81. The van der Waals surface area contributed by atoms with Crippen LogP contribution in [0.25, 0.3) is 0 Å². The van der Waals surface area contributed by atoms with Crippen molar-refractivity contribution in [3.8, 4) is 0 Å². The van der Waals surface area contributed by atoms with Gasteiger partial charge in [0.1, 0.15) is 0 Å². The molecule has 1 aromatic rings. The molecule has 1 N–H and O–H groups in total. The minimum atomic E-state index is -0.456. The lowest BCUT2D eigenvalue weighted by molar-refractivity contribution is -0.380. The third kappa shape index (κ3) is 3.55. The molecule has 0 radical (unpaired) electrons. The average Bonchev–Trinajstić information content (AvgIpc) is 2.95. The number of nitrogens with zero attached hydrogens (tertiary/aromatic N) is 2. The molecule has 0 aliphatic carbocycles. The van der Waals surface area contributed by atoms with Crippen LogP contribution >= 0.6 is 11.3 Å². The van der Waals surface area contributed by atoms with Crippen molar-refractivity contribution in [2.24, 2.45) is 5.92 Å². The summed E-state index contributed by atoms with van der Waals surface area (Å²) in [5.74, 6) is 0.365. The van der Waals surface area contributed by atoms with Gasteiger partial charge >= 0.3 is 5.00 Å². The van der Waals surface area contributed by atoms with Gasteiger partial charge in [-0.2, -0.15) is 0 Å². The van der Waals surface area contributed by atoms with E-state index in [9.17, 15) is 14.9 Å². The number of piperidine rings is 1. The first-order chi connectivity index (χ1) is 9.61. The first kappa shape index (κ1) is 14.9. The predicted molar refractivity (Wildman–Crippen MR) is 78.1 cm³/mol. The second-order valence-electron chi connectivity index (χ2n) is 4.99. The van der Waals surface area contributed by atoms with E-state index in [1.165, 1.54) is 6.07 Å². The minimum Gasteiger partial charge on any atom is -0.339 e. The molecule has 7 heteroatoms. The van der Waals surface area contributed by atoms with Crippen molar-refractivity contribution < 1.29 is 9.72 Å². The van der Waals surface area contributed by atoms with Crippen molar-refractivity contribution in [3.63, 3.8) is 0 Å². The lowest BCUT2D eigenvalue weighted by Crippen LogP contribution is -2.40. The summed E-state index contributed by atoms with van der Waals surface area (Å²) in [5, 5.41) is 15.6. The van der Waals surface area contributed by atoms with Crippen molar-refractivity contribution in [2.45, 2.75) is 19.8 Å². The summed E-state index contributed by atoms with van der Waals surface area (Å²) in [7, 11) is 0. The van der Waals surface area contributed by atoms with Crippen LogP contribution in [0.3, 0.4) is 0 Å². The Morgan fingerprint density at radius 3 is 3.00 bits per heavy atom. The molecule has 0 bridgehead atoms. The van der Waals surface area contributed by atoms with Gasteiger partial charge in [-0.3, -0.25) is 14.9 Å². The molecule has 6 nitrogen and oxygen atoms in total. The van der Waals surface area contributed by atoms with Gasteiger partial charge in [0.05, 0.1) is 10.5 Å². The predicted octanol–water partition coefficient (Wildman–Crippen LogP) is 2.12. The molecule has 1 saturated heterocycles. The van der Waals surface area contributed by atoms with Crippen molar-refractivity contribution in [1.29, 1.82) is 0 Å². The van der Waals surface area contributed by atoms with E-state index in [1.54, 1.807) is 10.3 Å². The lowest BCUT2D eigenvalue weighted by atomic mass is 9.99. The number of nitro groups is 1. The van der Waals surface area contributed by atoms with Gasteiger partial charge < -0.3 is 10.2 Å². The standard InChI is InChI=1S/C13H19N3O3S/c1-2-15(8-10-4-3-5-14-7-10)13(17)11-6-12(16(18)19)20-9-11/h6,9-10,14H,2-5,7-8H2,1H3. The van der Waals surface area contributed by atoms with E-state index < -0.39 is 4.92 Å². The highest BCUT2D eigenvalue weighted by Crippen LogP contribution is 2.24. The summed E-state index contributed by atoms with van der Waals surface area (Å²) < 4.78 is 0. The molecule has 1 fully saturated rings. The Hall–Kier alpha value is -1.47. The number of hydrogen-bond donors (Lipinski definition) is 1. The number of carbonyl (C=O) groups is 1. The van der Waals surface area contributed by atoms with Crippen molar-refractivity contribution >= 4 is 22.2 Å². The van der Waals surface area contributed by atoms with Gasteiger partial charge in [-0.1, -0.05) is 11.3 Å². The molecule has 20 heavy (non-hydrogen) atoms. The molecule has 1 amide bonds. The monoisotopic (exact) mass is 297 g/mol. The molecule has 1 unspecified atom stereocenters. The average molecular weight is 297 g/mol. The Morgan fingerprint density at radius 2 is 2.45 bits per heavy atom. The summed E-state index contributed by atoms with van der Waals surface area (Å²) in [4.78, 5) is 24.4. The highest BCUT2D eigenvalue weighted by Gasteiger charge is 2.23. The quantitative estimate of drug-likeness (QED) is 0.667. The van der Waals surface area contributed by atoms with Crippen LogP contribution in [-0.4, -0.2) is 41.9 Å². The zero-order chi connectivity index (χ0) is 14.5. The molecule has 1 aromatic heterocycles. The molecular formula is C13H19N3O3S. The maximum absolute atomic E-state index is 12.4. The first-order valence-corrected chi connectivity index (χ1v) is 7.72. The maximum atomic E-state index is 12.4. The number of hydrogen-bond acceptors (Lipinski definition) is 5. The van der Waals surface area contributed by atoms with Crippen molar-refractivity contribution in [3.05, 3.63) is 27.1 Å². The largest absolute Gasteiger partial charge is 0.339 e. The van der Waals surface area contributed by atoms with Crippen LogP contribution in [0.4, 0.5) is 5.00 Å². The Labute approximate surface area is 121 Å². The van der Waals surface area contributed by atoms with E-state index in [2.05, 4.69) is 5.32 Å². The number of thiophene rings is 1. The fourth-order valence-electron chi connectivity index (χ4n) is 2.46. The van der Waals surface area contributed by atoms with Gasteiger partial charge in [0, 0.05) is 24.5 Å². The van der Waals surface area contributed by atoms with Gasteiger partial charge in [0.25, 0.3) is 5.91 Å². The van der Waals surface area contributed by atoms with Gasteiger partial charge in [0.2, 0.25) is 0 Å².